The first-order valence-electron chi connectivity index (χ1n) is 6.52. The predicted molar refractivity (Wildman–Crippen MR) is 68.4 cm³/mol. The SMILES string of the molecule is O=CC(c1ccc(F)c([N+](=O)[O-])c1)C1CCCCC1. The van der Waals surface area contributed by atoms with E-state index in [1.807, 2.05) is 0 Å². The Balaban J connectivity index is 2.29. The number of rotatable bonds is 4. The van der Waals surface area contributed by atoms with Crippen LogP contribution in [0.3, 0.4) is 0 Å². The van der Waals surface area contributed by atoms with Crippen molar-refractivity contribution in [1.29, 1.82) is 0 Å². The summed E-state index contributed by atoms with van der Waals surface area (Å²) in [6, 6.07) is 3.76. The minimum atomic E-state index is -0.859. The maximum absolute atomic E-state index is 13.3. The fourth-order valence-corrected chi connectivity index (χ4v) is 2.83. The number of hydrogen-bond donors (Lipinski definition) is 0. The van der Waals surface area contributed by atoms with Crippen molar-refractivity contribution in [2.24, 2.45) is 5.92 Å². The maximum Gasteiger partial charge on any atom is 0.305 e. The molecule has 102 valence electrons. The van der Waals surface area contributed by atoms with Gasteiger partial charge in [0.05, 0.1) is 4.92 Å². The van der Waals surface area contributed by atoms with E-state index in [-0.39, 0.29) is 11.8 Å². The zero-order valence-corrected chi connectivity index (χ0v) is 10.5. The predicted octanol–water partition coefficient (Wildman–Crippen LogP) is 3.60. The molecule has 1 aromatic carbocycles. The van der Waals surface area contributed by atoms with Crippen LogP contribution in [0.25, 0.3) is 0 Å². The van der Waals surface area contributed by atoms with Gasteiger partial charge in [-0.15, -0.1) is 0 Å². The number of aldehydes is 1. The van der Waals surface area contributed by atoms with Gasteiger partial charge in [-0.25, -0.2) is 0 Å². The molecule has 1 aliphatic rings. The van der Waals surface area contributed by atoms with Crippen molar-refractivity contribution in [3.05, 3.63) is 39.7 Å². The molecule has 0 N–H and O–H groups in total. The third-order valence-electron chi connectivity index (χ3n) is 3.86. The summed E-state index contributed by atoms with van der Waals surface area (Å²) in [5.41, 5.74) is -0.00448. The second kappa shape index (κ2) is 5.91. The number of hydrogen-bond acceptors (Lipinski definition) is 3. The van der Waals surface area contributed by atoms with Crippen molar-refractivity contribution < 1.29 is 14.1 Å². The third-order valence-corrected chi connectivity index (χ3v) is 3.86. The van der Waals surface area contributed by atoms with Crippen LogP contribution in [0.5, 0.6) is 0 Å². The molecule has 5 heteroatoms. The average molecular weight is 265 g/mol. The quantitative estimate of drug-likeness (QED) is 0.474. The summed E-state index contributed by atoms with van der Waals surface area (Å²) < 4.78 is 13.3. The Morgan fingerprint density at radius 2 is 2.00 bits per heavy atom. The number of carbonyl (C=O) groups is 1. The van der Waals surface area contributed by atoms with Crippen LogP contribution in [0.1, 0.15) is 43.6 Å². The first kappa shape index (κ1) is 13.6. The molecule has 1 unspecified atom stereocenters. The highest BCUT2D eigenvalue weighted by Crippen LogP contribution is 2.36. The molecule has 0 saturated heterocycles. The van der Waals surface area contributed by atoms with E-state index in [2.05, 4.69) is 0 Å². The molecular formula is C14H16FNO3. The number of benzene rings is 1. The molecule has 19 heavy (non-hydrogen) atoms. The van der Waals surface area contributed by atoms with Crippen molar-refractivity contribution in [3.63, 3.8) is 0 Å². The highest BCUT2D eigenvalue weighted by atomic mass is 19.1. The van der Waals surface area contributed by atoms with Crippen LogP contribution in [0.15, 0.2) is 18.2 Å². The zero-order chi connectivity index (χ0) is 13.8. The van der Waals surface area contributed by atoms with Crippen LogP contribution in [0.4, 0.5) is 10.1 Å². The lowest BCUT2D eigenvalue weighted by molar-refractivity contribution is -0.387. The van der Waals surface area contributed by atoms with Crippen molar-refractivity contribution in [2.75, 3.05) is 0 Å². The molecule has 0 amide bonds. The summed E-state index contributed by atoms with van der Waals surface area (Å²) >= 11 is 0. The highest BCUT2D eigenvalue weighted by Gasteiger charge is 2.26. The van der Waals surface area contributed by atoms with Gasteiger partial charge >= 0.3 is 5.69 Å². The summed E-state index contributed by atoms with van der Waals surface area (Å²) in [4.78, 5) is 21.3. The summed E-state index contributed by atoms with van der Waals surface area (Å²) in [6.07, 6.45) is 6.08. The van der Waals surface area contributed by atoms with E-state index in [0.29, 0.717) is 5.56 Å². The highest BCUT2D eigenvalue weighted by molar-refractivity contribution is 5.63. The number of nitrogens with zero attached hydrogens (tertiary/aromatic N) is 1. The monoisotopic (exact) mass is 265 g/mol. The van der Waals surface area contributed by atoms with Crippen LogP contribution in [0.2, 0.25) is 0 Å². The molecule has 1 aromatic rings. The van der Waals surface area contributed by atoms with E-state index in [1.165, 1.54) is 18.6 Å². The van der Waals surface area contributed by atoms with Gasteiger partial charge in [0.15, 0.2) is 0 Å². The molecular weight excluding hydrogens is 249 g/mol. The number of carbonyl (C=O) groups excluding carboxylic acids is 1. The first-order valence-corrected chi connectivity index (χ1v) is 6.52. The molecule has 2 rings (SSSR count). The number of nitro benzene ring substituents is 1. The van der Waals surface area contributed by atoms with Gasteiger partial charge in [0, 0.05) is 12.0 Å². The van der Waals surface area contributed by atoms with E-state index in [9.17, 15) is 19.3 Å². The molecule has 1 fully saturated rings. The fraction of sp³-hybridized carbons (Fsp3) is 0.500. The fourth-order valence-electron chi connectivity index (χ4n) is 2.83. The summed E-state index contributed by atoms with van der Waals surface area (Å²) in [7, 11) is 0. The summed E-state index contributed by atoms with van der Waals surface area (Å²) in [5.74, 6) is -1.00. The van der Waals surface area contributed by atoms with Crippen molar-refractivity contribution in [1.82, 2.24) is 0 Å². The van der Waals surface area contributed by atoms with Crippen molar-refractivity contribution in [3.8, 4) is 0 Å². The molecule has 0 heterocycles. The van der Waals surface area contributed by atoms with E-state index in [1.54, 1.807) is 0 Å². The standard InChI is InChI=1S/C14H16FNO3/c15-13-7-6-11(8-14(13)16(18)19)12(9-17)10-4-2-1-3-5-10/h6-10,12H,1-5H2. The van der Waals surface area contributed by atoms with E-state index in [0.717, 1.165) is 38.0 Å². The van der Waals surface area contributed by atoms with Gasteiger partial charge < -0.3 is 4.79 Å². The van der Waals surface area contributed by atoms with Crippen LogP contribution in [0, 0.1) is 21.8 Å². The Morgan fingerprint density at radius 3 is 2.58 bits per heavy atom. The Labute approximate surface area is 110 Å². The molecule has 1 atom stereocenters. The van der Waals surface area contributed by atoms with Crippen molar-refractivity contribution >= 4 is 12.0 Å². The van der Waals surface area contributed by atoms with Gasteiger partial charge in [-0.1, -0.05) is 25.3 Å². The molecule has 1 saturated carbocycles. The summed E-state index contributed by atoms with van der Waals surface area (Å²) in [6.45, 7) is 0. The normalized spacial score (nSPS) is 17.9. The molecule has 1 aliphatic carbocycles. The lowest BCUT2D eigenvalue weighted by atomic mass is 9.77. The van der Waals surface area contributed by atoms with Gasteiger partial charge in [-0.2, -0.15) is 4.39 Å². The van der Waals surface area contributed by atoms with Gasteiger partial charge in [0.1, 0.15) is 6.29 Å². The molecule has 0 aromatic heterocycles. The Kier molecular flexibility index (Phi) is 4.24. The Morgan fingerprint density at radius 1 is 1.32 bits per heavy atom. The number of nitro groups is 1. The second-order valence-electron chi connectivity index (χ2n) is 5.03. The van der Waals surface area contributed by atoms with Crippen LogP contribution in [-0.2, 0) is 4.79 Å². The van der Waals surface area contributed by atoms with Gasteiger partial charge in [0.25, 0.3) is 0 Å². The van der Waals surface area contributed by atoms with Gasteiger partial charge in [-0.05, 0) is 30.4 Å². The van der Waals surface area contributed by atoms with Crippen molar-refractivity contribution in [2.45, 2.75) is 38.0 Å². The molecule has 4 nitrogen and oxygen atoms in total. The Bertz CT molecular complexity index is 484. The lowest BCUT2D eigenvalue weighted by Crippen LogP contribution is -2.17. The molecule has 0 radical (unpaired) electrons. The smallest absolute Gasteiger partial charge is 0.303 e. The van der Waals surface area contributed by atoms with Gasteiger partial charge in [0.2, 0.25) is 5.82 Å². The third kappa shape index (κ3) is 2.97. The molecule has 0 spiro atoms. The lowest BCUT2D eigenvalue weighted by Gasteiger charge is -2.26. The largest absolute Gasteiger partial charge is 0.305 e. The first-order chi connectivity index (χ1) is 9.13. The zero-order valence-electron chi connectivity index (χ0n) is 10.5. The minimum absolute atomic E-state index is 0.219. The van der Waals surface area contributed by atoms with Crippen LogP contribution < -0.4 is 0 Å². The minimum Gasteiger partial charge on any atom is -0.303 e. The average Bonchev–Trinajstić information content (AvgIpc) is 2.42. The second-order valence-corrected chi connectivity index (χ2v) is 5.03. The van der Waals surface area contributed by atoms with Gasteiger partial charge in [-0.3, -0.25) is 10.1 Å². The van der Waals surface area contributed by atoms with Crippen LogP contribution in [-0.4, -0.2) is 11.2 Å². The topological polar surface area (TPSA) is 60.2 Å². The van der Waals surface area contributed by atoms with E-state index < -0.39 is 16.4 Å². The Hall–Kier alpha value is -1.78. The molecule has 0 aliphatic heterocycles. The number of halogens is 1. The van der Waals surface area contributed by atoms with E-state index in [4.69, 9.17) is 0 Å². The summed E-state index contributed by atoms with van der Waals surface area (Å²) in [5, 5.41) is 10.7. The molecule has 0 bridgehead atoms. The maximum atomic E-state index is 13.3. The van der Waals surface area contributed by atoms with E-state index >= 15 is 0 Å². The van der Waals surface area contributed by atoms with Crippen LogP contribution >= 0.6 is 0 Å².